The van der Waals surface area contributed by atoms with Crippen molar-refractivity contribution in [3.05, 3.63) is 17.8 Å². The lowest BCUT2D eigenvalue weighted by Crippen LogP contribution is -2.33. The number of nitrogens with one attached hydrogen (secondary N) is 1. The maximum atomic E-state index is 4.43. The van der Waals surface area contributed by atoms with Gasteiger partial charge in [0.15, 0.2) is 5.65 Å². The Morgan fingerprint density at radius 2 is 2.16 bits per heavy atom. The van der Waals surface area contributed by atoms with E-state index in [1.54, 1.807) is 0 Å². The zero-order valence-corrected chi connectivity index (χ0v) is 11.9. The lowest BCUT2D eigenvalue weighted by molar-refractivity contribution is 0.412. The van der Waals surface area contributed by atoms with Crippen molar-refractivity contribution in [3.8, 4) is 0 Å². The average molecular weight is 262 g/mol. The van der Waals surface area contributed by atoms with E-state index in [0.717, 1.165) is 31.5 Å². The largest absolute Gasteiger partial charge is 0.314 e. The third-order valence-electron chi connectivity index (χ3n) is 3.02. The first-order valence-corrected chi connectivity index (χ1v) is 6.96. The molecule has 0 radical (unpaired) electrons. The molecular weight excluding hydrogens is 240 g/mol. The van der Waals surface area contributed by atoms with Crippen molar-refractivity contribution in [2.45, 2.75) is 46.1 Å². The molecule has 2 aromatic rings. The van der Waals surface area contributed by atoms with E-state index in [1.165, 1.54) is 4.63 Å². The number of aromatic nitrogens is 5. The van der Waals surface area contributed by atoms with E-state index in [0.29, 0.717) is 17.6 Å². The van der Waals surface area contributed by atoms with Gasteiger partial charge < -0.3 is 5.32 Å². The maximum absolute atomic E-state index is 4.43. The molecule has 0 spiro atoms. The van der Waals surface area contributed by atoms with Crippen LogP contribution in [0.1, 0.15) is 39.3 Å². The summed E-state index contributed by atoms with van der Waals surface area (Å²) in [5, 5.41) is 19.3. The fraction of sp³-hybridized carbons (Fsp3) is 0.692. The zero-order valence-electron chi connectivity index (χ0n) is 11.9. The van der Waals surface area contributed by atoms with Gasteiger partial charge in [-0.05, 0) is 47.9 Å². The quantitative estimate of drug-likeness (QED) is 0.818. The number of rotatable bonds is 7. The van der Waals surface area contributed by atoms with Crippen molar-refractivity contribution in [1.82, 2.24) is 30.6 Å². The predicted molar refractivity (Wildman–Crippen MR) is 73.8 cm³/mol. The van der Waals surface area contributed by atoms with Crippen LogP contribution in [-0.2, 0) is 6.42 Å². The second-order valence-corrected chi connectivity index (χ2v) is 5.34. The van der Waals surface area contributed by atoms with Gasteiger partial charge in [-0.15, -0.1) is 9.73 Å². The molecule has 0 aliphatic heterocycles. The Bertz CT molecular complexity index is 507. The summed E-state index contributed by atoms with van der Waals surface area (Å²) in [6.45, 7) is 7.73. The van der Waals surface area contributed by atoms with Crippen LogP contribution in [0.4, 0.5) is 0 Å². The summed E-state index contributed by atoms with van der Waals surface area (Å²) in [4.78, 5) is 0. The van der Waals surface area contributed by atoms with Crippen molar-refractivity contribution in [2.24, 2.45) is 5.92 Å². The molecular formula is C13H22N6. The molecule has 2 rings (SSSR count). The Kier molecular flexibility index (Phi) is 4.79. The molecule has 0 saturated heterocycles. The van der Waals surface area contributed by atoms with E-state index < -0.39 is 0 Å². The maximum Gasteiger partial charge on any atom is 0.199 e. The molecule has 0 aliphatic rings. The number of nitrogens with zero attached hydrogens (tertiary/aromatic N) is 5. The number of hydrogen-bond acceptors (Lipinski definition) is 5. The summed E-state index contributed by atoms with van der Waals surface area (Å²) in [7, 11) is 0. The minimum absolute atomic E-state index is 0.460. The van der Waals surface area contributed by atoms with Crippen molar-refractivity contribution >= 4 is 5.65 Å². The Balaban J connectivity index is 2.05. The molecule has 6 nitrogen and oxygen atoms in total. The van der Waals surface area contributed by atoms with Gasteiger partial charge in [0.05, 0.1) is 5.69 Å². The monoisotopic (exact) mass is 262 g/mol. The average Bonchev–Trinajstić information content (AvgIpc) is 2.82. The van der Waals surface area contributed by atoms with Gasteiger partial charge >= 0.3 is 0 Å². The van der Waals surface area contributed by atoms with Gasteiger partial charge in [0.25, 0.3) is 0 Å². The van der Waals surface area contributed by atoms with Crippen LogP contribution in [0.15, 0.2) is 12.1 Å². The second-order valence-electron chi connectivity index (χ2n) is 5.34. The Morgan fingerprint density at radius 3 is 2.89 bits per heavy atom. The first-order valence-electron chi connectivity index (χ1n) is 6.96. The van der Waals surface area contributed by atoms with Crippen LogP contribution >= 0.6 is 0 Å². The highest BCUT2D eigenvalue weighted by Gasteiger charge is 2.12. The summed E-state index contributed by atoms with van der Waals surface area (Å²) >= 11 is 0. The van der Waals surface area contributed by atoms with E-state index in [2.05, 4.69) is 46.7 Å². The van der Waals surface area contributed by atoms with E-state index in [-0.39, 0.29) is 0 Å². The van der Waals surface area contributed by atoms with Crippen LogP contribution < -0.4 is 5.32 Å². The highest BCUT2D eigenvalue weighted by molar-refractivity contribution is 5.32. The fourth-order valence-corrected chi connectivity index (χ4v) is 2.20. The molecule has 0 aliphatic carbocycles. The molecule has 19 heavy (non-hydrogen) atoms. The summed E-state index contributed by atoms with van der Waals surface area (Å²) in [5.41, 5.74) is 1.71. The SMILES string of the molecule is CCCNC(Cc1ccc2nnnn2n1)CC(C)C. The van der Waals surface area contributed by atoms with Crippen molar-refractivity contribution in [1.29, 1.82) is 0 Å². The minimum atomic E-state index is 0.460. The summed E-state index contributed by atoms with van der Waals surface area (Å²) in [5.74, 6) is 0.672. The Morgan fingerprint density at radius 1 is 1.32 bits per heavy atom. The van der Waals surface area contributed by atoms with E-state index in [1.807, 2.05) is 12.1 Å². The normalized spacial score (nSPS) is 13.3. The highest BCUT2D eigenvalue weighted by atomic mass is 15.6. The van der Waals surface area contributed by atoms with Crippen LogP contribution in [0, 0.1) is 5.92 Å². The molecule has 0 aromatic carbocycles. The predicted octanol–water partition coefficient (Wildman–Crippen LogP) is 1.48. The molecule has 104 valence electrons. The Hall–Kier alpha value is -1.56. The minimum Gasteiger partial charge on any atom is -0.314 e. The molecule has 0 amide bonds. The molecule has 0 fully saturated rings. The number of tetrazole rings is 1. The van der Waals surface area contributed by atoms with Gasteiger partial charge in [-0.25, -0.2) is 0 Å². The second kappa shape index (κ2) is 6.56. The van der Waals surface area contributed by atoms with Crippen molar-refractivity contribution in [3.63, 3.8) is 0 Å². The molecule has 0 bridgehead atoms. The summed E-state index contributed by atoms with van der Waals surface area (Å²) in [6, 6.07) is 4.38. The standard InChI is InChI=1S/C13H22N6/c1-4-7-14-12(8-10(2)3)9-11-5-6-13-15-17-18-19(13)16-11/h5-6,10,12,14H,4,7-9H2,1-3H3. The summed E-state index contributed by atoms with van der Waals surface area (Å²) in [6.07, 6.45) is 3.21. The van der Waals surface area contributed by atoms with Crippen LogP contribution in [0.25, 0.3) is 5.65 Å². The van der Waals surface area contributed by atoms with Gasteiger partial charge in [0.1, 0.15) is 0 Å². The van der Waals surface area contributed by atoms with Gasteiger partial charge in [0, 0.05) is 12.5 Å². The lowest BCUT2D eigenvalue weighted by atomic mass is 9.99. The van der Waals surface area contributed by atoms with E-state index in [9.17, 15) is 0 Å². The molecule has 0 saturated carbocycles. The van der Waals surface area contributed by atoms with Gasteiger partial charge in [-0.2, -0.15) is 5.10 Å². The smallest absolute Gasteiger partial charge is 0.199 e. The van der Waals surface area contributed by atoms with E-state index >= 15 is 0 Å². The molecule has 1 N–H and O–H groups in total. The molecule has 2 aromatic heterocycles. The molecule has 1 unspecified atom stereocenters. The third-order valence-corrected chi connectivity index (χ3v) is 3.02. The topological polar surface area (TPSA) is 68.0 Å². The number of hydrogen-bond donors (Lipinski definition) is 1. The van der Waals surface area contributed by atoms with Crippen LogP contribution in [0.5, 0.6) is 0 Å². The number of fused-ring (bicyclic) bond motifs is 1. The van der Waals surface area contributed by atoms with Crippen molar-refractivity contribution < 1.29 is 0 Å². The Labute approximate surface area is 113 Å². The van der Waals surface area contributed by atoms with Crippen molar-refractivity contribution in [2.75, 3.05) is 6.54 Å². The third kappa shape index (κ3) is 3.96. The fourth-order valence-electron chi connectivity index (χ4n) is 2.20. The summed E-state index contributed by atoms with van der Waals surface area (Å²) < 4.78 is 1.49. The van der Waals surface area contributed by atoms with Crippen LogP contribution in [0.3, 0.4) is 0 Å². The van der Waals surface area contributed by atoms with Crippen LogP contribution in [0.2, 0.25) is 0 Å². The molecule has 2 heterocycles. The highest BCUT2D eigenvalue weighted by Crippen LogP contribution is 2.10. The van der Waals surface area contributed by atoms with Gasteiger partial charge in [0.2, 0.25) is 0 Å². The first kappa shape index (κ1) is 13.9. The zero-order chi connectivity index (χ0) is 13.7. The van der Waals surface area contributed by atoms with E-state index in [4.69, 9.17) is 0 Å². The molecule has 1 atom stereocenters. The lowest BCUT2D eigenvalue weighted by Gasteiger charge is -2.20. The molecule has 6 heteroatoms. The van der Waals surface area contributed by atoms with Crippen LogP contribution in [-0.4, -0.2) is 37.8 Å². The van der Waals surface area contributed by atoms with Gasteiger partial charge in [-0.3, -0.25) is 0 Å². The van der Waals surface area contributed by atoms with Gasteiger partial charge in [-0.1, -0.05) is 20.8 Å². The first-order chi connectivity index (χ1) is 9.19.